The van der Waals surface area contributed by atoms with Gasteiger partial charge in [-0.3, -0.25) is 4.79 Å². The first-order valence-electron chi connectivity index (χ1n) is 20.4. The second-order valence-corrected chi connectivity index (χ2v) is 49.4. The van der Waals surface area contributed by atoms with Crippen molar-refractivity contribution in [2.45, 2.75) is 0 Å². The van der Waals surface area contributed by atoms with E-state index in [1.807, 2.05) is 0 Å². The van der Waals surface area contributed by atoms with Crippen molar-refractivity contribution in [2.24, 2.45) is 0 Å². The van der Waals surface area contributed by atoms with E-state index in [1.54, 1.807) is 0 Å². The zero-order valence-corrected chi connectivity index (χ0v) is 39.2. The predicted octanol–water partition coefficient (Wildman–Crippen LogP) is 9.94. The van der Waals surface area contributed by atoms with Gasteiger partial charge in [0.05, 0.1) is 0 Å². The Morgan fingerprint density at radius 3 is 0.443 bits per heavy atom. The molecule has 305 valence electrons. The molecule has 9 aromatic rings. The van der Waals surface area contributed by atoms with Crippen LogP contribution in [0.1, 0.15) is 0 Å². The van der Waals surface area contributed by atoms with E-state index in [4.69, 9.17) is 4.79 Å². The first-order chi connectivity index (χ1) is 30.2. The summed E-state index contributed by atoms with van der Waals surface area (Å²) >= 11 is 1.62. The summed E-state index contributed by atoms with van der Waals surface area (Å²) in [4.78, 5) is 8.57. The van der Waals surface area contributed by atoms with Crippen molar-refractivity contribution in [1.82, 2.24) is 0 Å². The third-order valence-electron chi connectivity index (χ3n) is 11.3. The number of hydrogen-bond donors (Lipinski definition) is 0. The van der Waals surface area contributed by atoms with Crippen LogP contribution in [0.4, 0.5) is 0 Å². The summed E-state index contributed by atoms with van der Waals surface area (Å²) in [5.41, 5.74) is -9.46. The van der Waals surface area contributed by atoms with E-state index in [9.17, 15) is 0 Å². The van der Waals surface area contributed by atoms with Crippen LogP contribution >= 0.6 is 28.4 Å². The summed E-state index contributed by atoms with van der Waals surface area (Å²) in [6.45, 7) is 0. The second-order valence-electron chi connectivity index (χ2n) is 14.6. The third kappa shape index (κ3) is 7.95. The van der Waals surface area contributed by atoms with E-state index < -0.39 is 31.3 Å². The summed E-state index contributed by atoms with van der Waals surface area (Å²) in [5, 5.41) is 13.4. The van der Waals surface area contributed by atoms with Gasteiger partial charge >= 0.3 is 352 Å². The van der Waals surface area contributed by atoms with Gasteiger partial charge in [-0.25, -0.2) is 0 Å². The van der Waals surface area contributed by atoms with Crippen LogP contribution in [0.3, 0.4) is 0 Å². The number of carbonyl (C=O) groups excluding carboxylic acids is 1. The molecule has 9 aromatic carbocycles. The monoisotopic (exact) mass is 955 g/mol. The van der Waals surface area contributed by atoms with Crippen LogP contribution in [0.2, 0.25) is 0 Å². The molecule has 6 heteroatoms. The van der Waals surface area contributed by atoms with Crippen LogP contribution in [-0.4, -0.2) is 5.75 Å². The fourth-order valence-electron chi connectivity index (χ4n) is 8.99. The average molecular weight is 955 g/mol. The molecule has 9 rings (SSSR count). The number of benzene rings is 9. The van der Waals surface area contributed by atoms with Gasteiger partial charge in [0.15, 0.2) is 0 Å². The molecule has 0 heterocycles. The third-order valence-corrected chi connectivity index (χ3v) is 76.4. The van der Waals surface area contributed by atoms with Crippen molar-refractivity contribution in [3.8, 4) is 0 Å². The van der Waals surface area contributed by atoms with Gasteiger partial charge in [-0.2, -0.15) is 0 Å². The first kappa shape index (κ1) is 42.5. The Kier molecular flexibility index (Phi) is 14.1. The molecule has 0 bridgehead atoms. The summed E-state index contributed by atoms with van der Waals surface area (Å²) in [6.07, 6.45) is 0. The standard InChI is InChI=1S/3C18H15P.CHClO.Ru/c3*1-4-10-16(11-5-1)19(17-12-6-2-7-13-17)18-14-8-3-9-15-18;2-1-3;/h3*1-15H;1H;/q;;;;-3/p+3. The van der Waals surface area contributed by atoms with Crippen LogP contribution in [0.5, 0.6) is 0 Å². The molecule has 0 spiro atoms. The van der Waals surface area contributed by atoms with Gasteiger partial charge in [0, 0.05) is 0 Å². The van der Waals surface area contributed by atoms with Crippen molar-refractivity contribution < 1.29 is 19.3 Å². The Labute approximate surface area is 371 Å². The number of halogens is 1. The zero-order valence-electron chi connectivity index (χ0n) is 33.7. The maximum absolute atomic E-state index is 8.57. The van der Waals surface area contributed by atoms with Crippen LogP contribution in [0, 0.1) is 0 Å². The van der Waals surface area contributed by atoms with E-state index in [0.717, 1.165) is 0 Å². The average Bonchev–Trinajstić information content (AvgIpc) is 3.35. The molecule has 0 fully saturated rings. The van der Waals surface area contributed by atoms with Crippen molar-refractivity contribution >= 4 is 81.9 Å². The molecule has 0 N–H and O–H groups in total. The van der Waals surface area contributed by atoms with Gasteiger partial charge < -0.3 is 0 Å². The molecule has 61 heavy (non-hydrogen) atoms. The van der Waals surface area contributed by atoms with E-state index in [2.05, 4.69) is 285 Å². The van der Waals surface area contributed by atoms with E-state index in [0.29, 0.717) is 0 Å². The molecule has 0 aliphatic carbocycles. The first-order valence-corrected chi connectivity index (χ1v) is 34.2. The normalized spacial score (nSPS) is 12.5. The van der Waals surface area contributed by atoms with Crippen LogP contribution in [0.15, 0.2) is 273 Å². The van der Waals surface area contributed by atoms with Crippen LogP contribution in [-0.2, 0) is 19.3 Å². The van der Waals surface area contributed by atoms with Gasteiger partial charge in [0.1, 0.15) is 0 Å². The minimum atomic E-state index is -3.15. The van der Waals surface area contributed by atoms with Gasteiger partial charge in [-0.05, 0) is 11.6 Å². The Morgan fingerprint density at radius 1 is 0.246 bits per heavy atom. The van der Waals surface area contributed by atoms with E-state index >= 15 is 0 Å². The van der Waals surface area contributed by atoms with Gasteiger partial charge in [0.2, 0.25) is 5.75 Å². The number of carbonyl (C=O) groups is 1. The van der Waals surface area contributed by atoms with Crippen LogP contribution < -0.4 is 47.7 Å². The summed E-state index contributed by atoms with van der Waals surface area (Å²) in [6, 6.07) is 107. The van der Waals surface area contributed by atoms with Crippen molar-refractivity contribution in [2.75, 3.05) is 0 Å². The molecule has 0 radical (unpaired) electrons. The minimum absolute atomic E-state index is 0.222. The fourth-order valence-corrected chi connectivity index (χ4v) is 105. The molecule has 0 unspecified atom stereocenters. The zero-order chi connectivity index (χ0) is 41.8. The molecule has 0 aliphatic heterocycles. The topological polar surface area (TPSA) is 17.1 Å². The molecule has 1 nitrogen and oxygen atoms in total. The molecule has 0 atom stereocenters. The van der Waals surface area contributed by atoms with Gasteiger partial charge in [0.25, 0.3) is 0 Å². The van der Waals surface area contributed by atoms with E-state index in [1.165, 1.54) is 47.7 Å². The van der Waals surface area contributed by atoms with Crippen LogP contribution in [0.25, 0.3) is 0 Å². The summed E-state index contributed by atoms with van der Waals surface area (Å²) < 4.78 is 0. The number of rotatable bonds is 12. The molecule has 0 amide bonds. The quantitative estimate of drug-likeness (QED) is 0.0516. The Hall–Kier alpha value is -5.15. The SMILES string of the molecule is O=CCl.c1ccc([PH](c2ccccc2)(c2ccccc2)[Ru]([PH](c2ccccc2)(c2ccccc2)c2ccccc2)[PH](c2ccccc2)(c2ccccc2)c2ccccc2)cc1. The Balaban J connectivity index is 0.00000166. The Bertz CT molecular complexity index is 2110. The molecule has 0 aromatic heterocycles. The summed E-state index contributed by atoms with van der Waals surface area (Å²) in [7, 11) is 0. The maximum atomic E-state index is 8.57. The number of hydrogen-bond acceptors (Lipinski definition) is 1. The van der Waals surface area contributed by atoms with Crippen molar-refractivity contribution in [1.29, 1.82) is 0 Å². The predicted molar refractivity (Wildman–Crippen MR) is 272 cm³/mol. The molecule has 0 saturated heterocycles. The molecule has 0 saturated carbocycles. The fraction of sp³-hybridized carbons (Fsp3) is 0. The van der Waals surface area contributed by atoms with Crippen molar-refractivity contribution in [3.05, 3.63) is 273 Å². The van der Waals surface area contributed by atoms with E-state index in [-0.39, 0.29) is 5.75 Å². The second kappa shape index (κ2) is 20.2. The van der Waals surface area contributed by atoms with Gasteiger partial charge in [-0.15, -0.1) is 0 Å². The molecular formula is C55H49ClOP3Ru. The Morgan fingerprint density at radius 2 is 0.344 bits per heavy atom. The van der Waals surface area contributed by atoms with Crippen molar-refractivity contribution in [3.63, 3.8) is 0 Å². The molecule has 0 aliphatic rings. The summed E-state index contributed by atoms with van der Waals surface area (Å²) in [5.74, 6) is 0.222. The van der Waals surface area contributed by atoms with Gasteiger partial charge in [-0.1, -0.05) is 0 Å². The molecular weight excluding hydrogens is 906 g/mol.